The first-order valence-electron chi connectivity index (χ1n) is 7.80. The second-order valence-electron chi connectivity index (χ2n) is 5.88. The Morgan fingerprint density at radius 3 is 2.70 bits per heavy atom. The molecule has 0 aromatic heterocycles. The lowest BCUT2D eigenvalue weighted by molar-refractivity contribution is 0.0697. The molecular weight excluding hydrogens is 292 g/mol. The number of carboxylic acids is 1. The zero-order valence-electron chi connectivity index (χ0n) is 12.7. The number of carboxylic acid groups (broad SMARTS) is 1. The van der Waals surface area contributed by atoms with Crippen molar-refractivity contribution >= 4 is 17.3 Å². The summed E-state index contributed by atoms with van der Waals surface area (Å²) in [6.07, 6.45) is 0. The van der Waals surface area contributed by atoms with Crippen LogP contribution in [0.3, 0.4) is 0 Å². The molecule has 0 saturated heterocycles. The number of hydrogen-bond acceptors (Lipinski definition) is 4. The van der Waals surface area contributed by atoms with Crippen LogP contribution in [0.5, 0.6) is 5.75 Å². The topological polar surface area (TPSA) is 53.0 Å². The molecule has 5 heteroatoms. The highest BCUT2D eigenvalue weighted by molar-refractivity contribution is 5.87. The van der Waals surface area contributed by atoms with Gasteiger partial charge in [0.2, 0.25) is 0 Å². The number of benzene rings is 2. The van der Waals surface area contributed by atoms with Crippen molar-refractivity contribution in [2.45, 2.75) is 6.54 Å². The van der Waals surface area contributed by atoms with Crippen LogP contribution in [0.4, 0.5) is 11.4 Å². The first kappa shape index (κ1) is 13.9. The van der Waals surface area contributed by atoms with Crippen LogP contribution in [0.1, 0.15) is 15.9 Å². The van der Waals surface area contributed by atoms with Crippen LogP contribution < -0.4 is 14.5 Å². The number of nitrogens with zero attached hydrogens (tertiary/aromatic N) is 2. The number of carbonyl (C=O) groups is 1. The second-order valence-corrected chi connectivity index (χ2v) is 5.88. The third-order valence-corrected chi connectivity index (χ3v) is 4.47. The van der Waals surface area contributed by atoms with E-state index < -0.39 is 5.97 Å². The normalized spacial score (nSPS) is 15.8. The summed E-state index contributed by atoms with van der Waals surface area (Å²) in [5, 5.41) is 8.99. The first-order chi connectivity index (χ1) is 11.2. The predicted octanol–water partition coefficient (Wildman–Crippen LogP) is 2.60. The molecule has 0 radical (unpaired) electrons. The van der Waals surface area contributed by atoms with Crippen LogP contribution in [-0.2, 0) is 6.54 Å². The molecule has 2 aromatic rings. The van der Waals surface area contributed by atoms with Crippen LogP contribution in [0.15, 0.2) is 42.5 Å². The van der Waals surface area contributed by atoms with Crippen LogP contribution in [-0.4, -0.2) is 37.3 Å². The minimum atomic E-state index is -0.889. The van der Waals surface area contributed by atoms with Gasteiger partial charge in [0, 0.05) is 19.6 Å². The Morgan fingerprint density at radius 2 is 1.91 bits per heavy atom. The van der Waals surface area contributed by atoms with Gasteiger partial charge >= 0.3 is 5.97 Å². The molecule has 0 unspecified atom stereocenters. The van der Waals surface area contributed by atoms with Gasteiger partial charge in [-0.15, -0.1) is 0 Å². The van der Waals surface area contributed by atoms with E-state index in [1.54, 1.807) is 12.1 Å². The molecule has 1 N–H and O–H groups in total. The summed E-state index contributed by atoms with van der Waals surface area (Å²) in [6, 6.07) is 13.3. The van der Waals surface area contributed by atoms with E-state index in [4.69, 9.17) is 9.84 Å². The maximum atomic E-state index is 10.9. The number of para-hydroxylation sites is 1. The molecule has 0 fully saturated rings. The van der Waals surface area contributed by atoms with E-state index in [0.29, 0.717) is 5.56 Å². The summed E-state index contributed by atoms with van der Waals surface area (Å²) in [5.74, 6) is 0.0686. The van der Waals surface area contributed by atoms with Crippen LogP contribution in [0.25, 0.3) is 0 Å². The van der Waals surface area contributed by atoms with Crippen LogP contribution in [0, 0.1) is 0 Å². The molecule has 4 rings (SSSR count). The molecule has 0 bridgehead atoms. The third-order valence-electron chi connectivity index (χ3n) is 4.47. The van der Waals surface area contributed by atoms with E-state index in [2.05, 4.69) is 15.9 Å². The van der Waals surface area contributed by atoms with Gasteiger partial charge in [0.05, 0.1) is 17.8 Å². The van der Waals surface area contributed by atoms with Gasteiger partial charge in [0.25, 0.3) is 0 Å². The van der Waals surface area contributed by atoms with Gasteiger partial charge < -0.3 is 19.6 Å². The van der Waals surface area contributed by atoms with E-state index >= 15 is 0 Å². The fourth-order valence-electron chi connectivity index (χ4n) is 3.30. The molecule has 118 valence electrons. The lowest BCUT2D eigenvalue weighted by Crippen LogP contribution is -2.44. The summed E-state index contributed by atoms with van der Waals surface area (Å²) < 4.78 is 5.78. The lowest BCUT2D eigenvalue weighted by atomic mass is 10.1. The number of rotatable bonds is 3. The fraction of sp³-hybridized carbons (Fsp3) is 0.278. The van der Waals surface area contributed by atoms with E-state index in [-0.39, 0.29) is 0 Å². The highest BCUT2D eigenvalue weighted by Crippen LogP contribution is 2.42. The zero-order valence-corrected chi connectivity index (χ0v) is 12.7. The Morgan fingerprint density at radius 1 is 1.09 bits per heavy atom. The molecular formula is C18H18N2O3. The number of ether oxygens (including phenoxy) is 1. The van der Waals surface area contributed by atoms with Crippen molar-refractivity contribution in [3.8, 4) is 5.75 Å². The van der Waals surface area contributed by atoms with Gasteiger partial charge in [-0.05, 0) is 29.8 Å². The van der Waals surface area contributed by atoms with Crippen LogP contribution >= 0.6 is 0 Å². The zero-order chi connectivity index (χ0) is 15.8. The summed E-state index contributed by atoms with van der Waals surface area (Å²) in [5.41, 5.74) is 3.81. The van der Waals surface area contributed by atoms with Crippen molar-refractivity contribution in [1.82, 2.24) is 0 Å². The summed E-state index contributed by atoms with van der Waals surface area (Å²) in [4.78, 5) is 15.7. The average Bonchev–Trinajstić information content (AvgIpc) is 2.58. The van der Waals surface area contributed by atoms with Gasteiger partial charge in [0.15, 0.2) is 0 Å². The number of anilines is 2. The van der Waals surface area contributed by atoms with Gasteiger partial charge in [-0.25, -0.2) is 4.79 Å². The third kappa shape index (κ3) is 2.48. The number of hydrogen-bond donors (Lipinski definition) is 1. The SMILES string of the molecule is O=C(O)c1ccc(CN2CCN3CCOc4cccc2c43)cc1. The quantitative estimate of drug-likeness (QED) is 0.944. The van der Waals surface area contributed by atoms with Crippen molar-refractivity contribution < 1.29 is 14.6 Å². The van der Waals surface area contributed by atoms with E-state index in [9.17, 15) is 4.79 Å². The van der Waals surface area contributed by atoms with E-state index in [1.807, 2.05) is 24.3 Å². The Hall–Kier alpha value is -2.69. The highest BCUT2D eigenvalue weighted by Gasteiger charge is 2.28. The summed E-state index contributed by atoms with van der Waals surface area (Å²) >= 11 is 0. The summed E-state index contributed by atoms with van der Waals surface area (Å²) in [6.45, 7) is 4.39. The molecule has 0 atom stereocenters. The molecule has 0 saturated carbocycles. The van der Waals surface area contributed by atoms with Crippen molar-refractivity contribution in [3.05, 3.63) is 53.6 Å². The molecule has 0 aliphatic carbocycles. The first-order valence-corrected chi connectivity index (χ1v) is 7.80. The second kappa shape index (κ2) is 5.50. The van der Waals surface area contributed by atoms with Crippen molar-refractivity contribution in [1.29, 1.82) is 0 Å². The van der Waals surface area contributed by atoms with Crippen molar-refractivity contribution in [2.75, 3.05) is 36.0 Å². The monoisotopic (exact) mass is 310 g/mol. The molecule has 0 spiro atoms. The smallest absolute Gasteiger partial charge is 0.335 e. The Bertz CT molecular complexity index is 742. The highest BCUT2D eigenvalue weighted by atomic mass is 16.5. The largest absolute Gasteiger partial charge is 0.489 e. The van der Waals surface area contributed by atoms with E-state index in [1.165, 1.54) is 11.4 Å². The van der Waals surface area contributed by atoms with Gasteiger partial charge in [0.1, 0.15) is 18.0 Å². The maximum absolute atomic E-state index is 10.9. The minimum absolute atomic E-state index is 0.323. The minimum Gasteiger partial charge on any atom is -0.489 e. The van der Waals surface area contributed by atoms with Gasteiger partial charge in [-0.1, -0.05) is 18.2 Å². The maximum Gasteiger partial charge on any atom is 0.335 e. The van der Waals surface area contributed by atoms with Gasteiger partial charge in [-0.3, -0.25) is 0 Å². The molecule has 0 amide bonds. The Labute approximate surface area is 134 Å². The molecule has 2 aromatic carbocycles. The molecule has 2 aliphatic heterocycles. The molecule has 5 nitrogen and oxygen atoms in total. The number of aromatic carboxylic acids is 1. The van der Waals surface area contributed by atoms with Crippen molar-refractivity contribution in [2.24, 2.45) is 0 Å². The molecule has 23 heavy (non-hydrogen) atoms. The predicted molar refractivity (Wildman–Crippen MR) is 88.6 cm³/mol. The fourth-order valence-corrected chi connectivity index (χ4v) is 3.30. The lowest BCUT2D eigenvalue weighted by Gasteiger charge is -2.42. The molecule has 2 aliphatic rings. The van der Waals surface area contributed by atoms with E-state index in [0.717, 1.165) is 44.1 Å². The standard InChI is InChI=1S/C18H18N2O3/c21-18(22)14-6-4-13(5-7-14)12-20-9-8-19-10-11-23-16-3-1-2-15(20)17(16)19/h1-7H,8-12H2,(H,21,22). The van der Waals surface area contributed by atoms with Gasteiger partial charge in [-0.2, -0.15) is 0 Å². The molecule has 2 heterocycles. The Kier molecular flexibility index (Phi) is 3.33. The van der Waals surface area contributed by atoms with Crippen molar-refractivity contribution in [3.63, 3.8) is 0 Å². The Balaban J connectivity index is 1.62. The van der Waals surface area contributed by atoms with Crippen LogP contribution in [0.2, 0.25) is 0 Å². The average molecular weight is 310 g/mol. The summed E-state index contributed by atoms with van der Waals surface area (Å²) in [7, 11) is 0.